The lowest BCUT2D eigenvalue weighted by atomic mass is 10.1. The maximum Gasteiger partial charge on any atom is 0.255 e. The van der Waals surface area contributed by atoms with Crippen molar-refractivity contribution in [3.05, 3.63) is 21.9 Å². The summed E-state index contributed by atoms with van der Waals surface area (Å²) in [7, 11) is 0. The normalized spacial score (nSPS) is 21.7. The van der Waals surface area contributed by atoms with Gasteiger partial charge < -0.3 is 4.90 Å². The third kappa shape index (κ3) is 2.34. The molecule has 1 atom stereocenters. The lowest BCUT2D eigenvalue weighted by molar-refractivity contribution is 0.0727. The topological polar surface area (TPSA) is 20.3 Å². The number of nitrogens with zero attached hydrogens (tertiary/aromatic N) is 1. The highest BCUT2D eigenvalue weighted by molar-refractivity contribution is 7.08. The summed E-state index contributed by atoms with van der Waals surface area (Å²) in [6.07, 6.45) is 2.04. The van der Waals surface area contributed by atoms with Crippen molar-refractivity contribution in [1.29, 1.82) is 0 Å². The first-order valence-corrected chi connectivity index (χ1v) is 6.52. The van der Waals surface area contributed by atoms with Gasteiger partial charge in [0.1, 0.15) is 0 Å². The fourth-order valence-electron chi connectivity index (χ4n) is 1.86. The van der Waals surface area contributed by atoms with E-state index in [0.29, 0.717) is 6.54 Å². The molecule has 0 bridgehead atoms. The average molecular weight is 244 g/mol. The van der Waals surface area contributed by atoms with Gasteiger partial charge in [-0.3, -0.25) is 4.79 Å². The highest BCUT2D eigenvalue weighted by Gasteiger charge is 2.24. The van der Waals surface area contributed by atoms with Crippen molar-refractivity contribution >= 4 is 28.8 Å². The largest absolute Gasteiger partial charge is 0.337 e. The van der Waals surface area contributed by atoms with Gasteiger partial charge in [0.25, 0.3) is 5.91 Å². The number of aryl methyl sites for hydroxylation is 1. The van der Waals surface area contributed by atoms with Gasteiger partial charge in [-0.05, 0) is 30.7 Å². The van der Waals surface area contributed by atoms with Crippen molar-refractivity contribution < 1.29 is 4.79 Å². The first kappa shape index (κ1) is 11.0. The molecule has 2 nitrogen and oxygen atoms in total. The molecule has 1 aromatic rings. The number of rotatable bonds is 1. The monoisotopic (exact) mass is 243 g/mol. The van der Waals surface area contributed by atoms with Gasteiger partial charge in [-0.2, -0.15) is 11.3 Å². The second-order valence-corrected chi connectivity index (χ2v) is 5.32. The number of halogens is 1. The van der Waals surface area contributed by atoms with Crippen LogP contribution in [-0.2, 0) is 0 Å². The highest BCUT2D eigenvalue weighted by atomic mass is 35.5. The van der Waals surface area contributed by atoms with E-state index >= 15 is 0 Å². The molecule has 1 aromatic heterocycles. The van der Waals surface area contributed by atoms with E-state index in [1.165, 1.54) is 0 Å². The van der Waals surface area contributed by atoms with Crippen LogP contribution < -0.4 is 0 Å². The fraction of sp³-hybridized carbons (Fsp3) is 0.545. The molecule has 0 aliphatic carbocycles. The van der Waals surface area contributed by atoms with Gasteiger partial charge in [-0.15, -0.1) is 11.6 Å². The van der Waals surface area contributed by atoms with Gasteiger partial charge in [0.2, 0.25) is 0 Å². The molecule has 0 spiro atoms. The standard InChI is InChI=1S/C11H14ClNOS/c1-8-6-15-7-10(8)11(14)13-4-2-3-9(12)5-13/h6-7,9H,2-5H2,1H3. The van der Waals surface area contributed by atoms with Gasteiger partial charge in [0.15, 0.2) is 0 Å². The predicted octanol–water partition coefficient (Wildman–Crippen LogP) is 2.90. The summed E-state index contributed by atoms with van der Waals surface area (Å²) in [5.41, 5.74) is 1.91. The molecule has 1 amide bonds. The number of carbonyl (C=O) groups is 1. The zero-order valence-corrected chi connectivity index (χ0v) is 10.3. The minimum atomic E-state index is 0.127. The van der Waals surface area contributed by atoms with E-state index in [4.69, 9.17) is 11.6 Å². The zero-order chi connectivity index (χ0) is 10.8. The molecule has 82 valence electrons. The first-order chi connectivity index (χ1) is 7.18. The minimum absolute atomic E-state index is 0.127. The number of carbonyl (C=O) groups excluding carboxylic acids is 1. The minimum Gasteiger partial charge on any atom is -0.337 e. The van der Waals surface area contributed by atoms with Crippen molar-refractivity contribution in [2.75, 3.05) is 13.1 Å². The van der Waals surface area contributed by atoms with Crippen LogP contribution >= 0.6 is 22.9 Å². The maximum absolute atomic E-state index is 12.1. The number of amides is 1. The number of piperidine rings is 1. The van der Waals surface area contributed by atoms with Crippen molar-refractivity contribution in [3.8, 4) is 0 Å². The van der Waals surface area contributed by atoms with Gasteiger partial charge in [-0.25, -0.2) is 0 Å². The summed E-state index contributed by atoms with van der Waals surface area (Å²) < 4.78 is 0. The Hall–Kier alpha value is -0.540. The molecule has 0 radical (unpaired) electrons. The molecule has 0 saturated carbocycles. The van der Waals surface area contributed by atoms with E-state index in [-0.39, 0.29) is 11.3 Å². The Morgan fingerprint density at radius 1 is 1.60 bits per heavy atom. The van der Waals surface area contributed by atoms with Crippen LogP contribution in [0, 0.1) is 6.92 Å². The summed E-state index contributed by atoms with van der Waals surface area (Å²) in [6, 6.07) is 0. The van der Waals surface area contributed by atoms with E-state index in [9.17, 15) is 4.79 Å². The smallest absolute Gasteiger partial charge is 0.255 e. The Morgan fingerprint density at radius 2 is 2.40 bits per heavy atom. The maximum atomic E-state index is 12.1. The van der Waals surface area contributed by atoms with Crippen LogP contribution in [0.5, 0.6) is 0 Å². The van der Waals surface area contributed by atoms with Crippen LogP contribution in [0.25, 0.3) is 0 Å². The molecule has 0 aromatic carbocycles. The van der Waals surface area contributed by atoms with E-state index < -0.39 is 0 Å². The van der Waals surface area contributed by atoms with Crippen LogP contribution in [0.15, 0.2) is 10.8 Å². The molecule has 1 aliphatic rings. The molecular weight excluding hydrogens is 230 g/mol. The molecule has 1 unspecified atom stereocenters. The third-order valence-electron chi connectivity index (χ3n) is 2.74. The molecule has 1 saturated heterocycles. The molecule has 1 fully saturated rings. The number of hydrogen-bond donors (Lipinski definition) is 0. The number of likely N-dealkylation sites (tertiary alicyclic amines) is 1. The summed E-state index contributed by atoms with van der Waals surface area (Å²) in [5.74, 6) is 0.138. The van der Waals surface area contributed by atoms with Crippen molar-refractivity contribution in [2.45, 2.75) is 25.1 Å². The van der Waals surface area contributed by atoms with Crippen LogP contribution in [-0.4, -0.2) is 29.3 Å². The lowest BCUT2D eigenvalue weighted by Gasteiger charge is -2.29. The SMILES string of the molecule is Cc1cscc1C(=O)N1CCCC(Cl)C1. The lowest BCUT2D eigenvalue weighted by Crippen LogP contribution is -2.40. The Kier molecular flexibility index (Phi) is 3.32. The Balaban J connectivity index is 2.11. The zero-order valence-electron chi connectivity index (χ0n) is 8.70. The van der Waals surface area contributed by atoms with Gasteiger partial charge >= 0.3 is 0 Å². The van der Waals surface area contributed by atoms with Gasteiger partial charge in [0, 0.05) is 18.5 Å². The van der Waals surface area contributed by atoms with Crippen LogP contribution in [0.4, 0.5) is 0 Å². The van der Waals surface area contributed by atoms with E-state index in [0.717, 1.165) is 30.5 Å². The molecule has 2 rings (SSSR count). The number of hydrogen-bond acceptors (Lipinski definition) is 2. The van der Waals surface area contributed by atoms with Gasteiger partial charge in [-0.1, -0.05) is 0 Å². The molecule has 0 N–H and O–H groups in total. The summed E-state index contributed by atoms with van der Waals surface area (Å²) in [5, 5.41) is 4.06. The van der Waals surface area contributed by atoms with E-state index in [1.54, 1.807) is 11.3 Å². The second-order valence-electron chi connectivity index (χ2n) is 3.96. The van der Waals surface area contributed by atoms with E-state index in [1.807, 2.05) is 22.6 Å². The van der Waals surface area contributed by atoms with Gasteiger partial charge in [0.05, 0.1) is 10.9 Å². The predicted molar refractivity (Wildman–Crippen MR) is 63.8 cm³/mol. The van der Waals surface area contributed by atoms with Crippen molar-refractivity contribution in [3.63, 3.8) is 0 Å². The Bertz CT molecular complexity index is 363. The summed E-state index contributed by atoms with van der Waals surface area (Å²) >= 11 is 7.64. The average Bonchev–Trinajstić information content (AvgIpc) is 2.63. The molecule has 4 heteroatoms. The van der Waals surface area contributed by atoms with Crippen molar-refractivity contribution in [2.24, 2.45) is 0 Å². The number of thiophene rings is 1. The third-order valence-corrected chi connectivity index (χ3v) is 3.95. The molecule has 15 heavy (non-hydrogen) atoms. The fourth-order valence-corrected chi connectivity index (χ4v) is 3.00. The highest BCUT2D eigenvalue weighted by Crippen LogP contribution is 2.20. The van der Waals surface area contributed by atoms with E-state index in [2.05, 4.69) is 0 Å². The van der Waals surface area contributed by atoms with Crippen molar-refractivity contribution in [1.82, 2.24) is 4.90 Å². The Morgan fingerprint density at radius 3 is 3.00 bits per heavy atom. The molecular formula is C11H14ClNOS. The summed E-state index contributed by atoms with van der Waals surface area (Å²) in [6.45, 7) is 3.51. The van der Waals surface area contributed by atoms with Crippen LogP contribution in [0.3, 0.4) is 0 Å². The quantitative estimate of drug-likeness (QED) is 0.695. The molecule has 2 heterocycles. The number of alkyl halides is 1. The Labute approximate surface area is 98.8 Å². The van der Waals surface area contributed by atoms with Crippen LogP contribution in [0.2, 0.25) is 0 Å². The second kappa shape index (κ2) is 4.54. The molecule has 1 aliphatic heterocycles. The van der Waals surface area contributed by atoms with Crippen LogP contribution in [0.1, 0.15) is 28.8 Å². The first-order valence-electron chi connectivity index (χ1n) is 5.14. The summed E-state index contributed by atoms with van der Waals surface area (Å²) in [4.78, 5) is 14.0.